The number of Topliss-reactive ketones (excluding diaryl/α,β-unsaturated/α-hetero) is 1. The summed E-state index contributed by atoms with van der Waals surface area (Å²) in [7, 11) is 0. The van der Waals surface area contributed by atoms with Crippen molar-refractivity contribution in [3.63, 3.8) is 0 Å². The Morgan fingerprint density at radius 3 is 2.82 bits per heavy atom. The highest BCUT2D eigenvalue weighted by Gasteiger charge is 2.52. The minimum Gasteiger partial charge on any atom is -0.468 e. The van der Waals surface area contributed by atoms with E-state index in [9.17, 15) is 4.79 Å². The Bertz CT molecular complexity index is 629. The van der Waals surface area contributed by atoms with Crippen LogP contribution in [-0.2, 0) is 15.1 Å². The van der Waals surface area contributed by atoms with Crippen molar-refractivity contribution >= 4 is 23.3 Å². The van der Waals surface area contributed by atoms with Crippen molar-refractivity contribution in [1.82, 2.24) is 0 Å². The zero-order valence-corrected chi connectivity index (χ0v) is 13.6. The first kappa shape index (κ1) is 15.5. The van der Waals surface area contributed by atoms with Crippen molar-refractivity contribution in [2.45, 2.75) is 50.8 Å². The molecule has 3 atom stereocenters. The molecule has 2 aliphatic rings. The maximum atomic E-state index is 12.9. The van der Waals surface area contributed by atoms with Gasteiger partial charge in [0.05, 0.1) is 6.04 Å². The SMILES string of the molecule is CC(C)[C@H](N)C1=N[C@@]2(c3ccccc3Cl)CCC[C@@H](O1)C2=O. The number of hydrogen-bond acceptors (Lipinski definition) is 4. The molecule has 1 saturated carbocycles. The van der Waals surface area contributed by atoms with Crippen LogP contribution in [-0.4, -0.2) is 23.8 Å². The molecule has 2 N–H and O–H groups in total. The maximum Gasteiger partial charge on any atom is 0.205 e. The number of carbonyl (C=O) groups is 1. The Hall–Kier alpha value is -1.39. The van der Waals surface area contributed by atoms with Crippen LogP contribution in [0.15, 0.2) is 29.3 Å². The predicted octanol–water partition coefficient (Wildman–Crippen LogP) is 3.07. The summed E-state index contributed by atoms with van der Waals surface area (Å²) in [5.74, 6) is 0.682. The average Bonchev–Trinajstić information content (AvgIpc) is 2.47. The van der Waals surface area contributed by atoms with Crippen LogP contribution in [0.1, 0.15) is 38.7 Å². The first-order valence-corrected chi connectivity index (χ1v) is 8.15. The summed E-state index contributed by atoms with van der Waals surface area (Å²) in [6.45, 7) is 4.04. The van der Waals surface area contributed by atoms with Gasteiger partial charge in [0.1, 0.15) is 0 Å². The van der Waals surface area contributed by atoms with Crippen molar-refractivity contribution in [3.8, 4) is 0 Å². The highest BCUT2D eigenvalue weighted by molar-refractivity contribution is 6.32. The van der Waals surface area contributed by atoms with Crippen molar-refractivity contribution in [3.05, 3.63) is 34.9 Å². The number of ether oxygens (including phenoxy) is 1. The van der Waals surface area contributed by atoms with Crippen molar-refractivity contribution in [1.29, 1.82) is 0 Å². The summed E-state index contributed by atoms with van der Waals surface area (Å²) >= 11 is 6.36. The van der Waals surface area contributed by atoms with Crippen LogP contribution in [0.25, 0.3) is 0 Å². The molecule has 1 aromatic carbocycles. The normalized spacial score (nSPS) is 29.0. The van der Waals surface area contributed by atoms with Crippen LogP contribution in [0.4, 0.5) is 0 Å². The van der Waals surface area contributed by atoms with Gasteiger partial charge in [-0.05, 0) is 31.2 Å². The second-order valence-electron chi connectivity index (χ2n) is 6.42. The molecule has 1 heterocycles. The highest BCUT2D eigenvalue weighted by Crippen LogP contribution is 2.44. The Labute approximate surface area is 135 Å². The van der Waals surface area contributed by atoms with Gasteiger partial charge in [0.15, 0.2) is 11.6 Å². The molecule has 2 bridgehead atoms. The summed E-state index contributed by atoms with van der Waals surface area (Å²) in [5.41, 5.74) is 6.05. The van der Waals surface area contributed by atoms with Crippen molar-refractivity contribution in [2.75, 3.05) is 0 Å². The van der Waals surface area contributed by atoms with Crippen LogP contribution >= 0.6 is 11.6 Å². The summed E-state index contributed by atoms with van der Waals surface area (Å²) in [4.78, 5) is 17.6. The highest BCUT2D eigenvalue weighted by atomic mass is 35.5. The second kappa shape index (κ2) is 5.67. The fourth-order valence-electron chi connectivity index (χ4n) is 3.21. The van der Waals surface area contributed by atoms with E-state index in [0.29, 0.717) is 17.3 Å². The van der Waals surface area contributed by atoms with Crippen LogP contribution in [0.3, 0.4) is 0 Å². The van der Waals surface area contributed by atoms with Crippen molar-refractivity contribution < 1.29 is 9.53 Å². The molecule has 22 heavy (non-hydrogen) atoms. The van der Waals surface area contributed by atoms with Gasteiger partial charge < -0.3 is 10.5 Å². The van der Waals surface area contributed by atoms with Gasteiger partial charge in [0.2, 0.25) is 11.7 Å². The number of ketones is 1. The fourth-order valence-corrected chi connectivity index (χ4v) is 3.50. The van der Waals surface area contributed by atoms with Gasteiger partial charge in [-0.15, -0.1) is 0 Å². The second-order valence-corrected chi connectivity index (χ2v) is 6.83. The number of nitrogens with zero attached hydrogens (tertiary/aromatic N) is 1. The summed E-state index contributed by atoms with van der Waals surface area (Å²) < 4.78 is 5.81. The van der Waals surface area contributed by atoms with E-state index >= 15 is 0 Å². The number of benzene rings is 1. The molecule has 1 aromatic rings. The minimum absolute atomic E-state index is 0.00607. The number of fused-ring (bicyclic) bond motifs is 2. The Balaban J connectivity index is 2.15. The van der Waals surface area contributed by atoms with E-state index in [0.717, 1.165) is 18.4 Å². The third-order valence-corrected chi connectivity index (χ3v) is 4.92. The third-order valence-electron chi connectivity index (χ3n) is 4.59. The molecule has 0 amide bonds. The van der Waals surface area contributed by atoms with Gasteiger partial charge in [-0.25, -0.2) is 4.99 Å². The molecule has 118 valence electrons. The topological polar surface area (TPSA) is 64.7 Å². The molecule has 5 heteroatoms. The molecule has 1 aliphatic carbocycles. The molecule has 0 unspecified atom stereocenters. The standard InChI is InChI=1S/C17H21ClN2O2/c1-10(2)14(19)16-20-17(11-6-3-4-7-12(11)18)9-5-8-13(22-16)15(17)21/h3-4,6-7,10,13-14H,5,8-9,19H2,1-2H3/t13-,14+,17-/m1/s1. The van der Waals surface area contributed by atoms with E-state index < -0.39 is 11.6 Å². The molecule has 1 fully saturated rings. The summed E-state index contributed by atoms with van der Waals surface area (Å²) in [6, 6.07) is 7.12. The monoisotopic (exact) mass is 320 g/mol. The van der Waals surface area contributed by atoms with Gasteiger partial charge in [0.25, 0.3) is 0 Å². The molecule has 1 aliphatic heterocycles. The number of nitrogens with two attached hydrogens (primary N) is 1. The lowest BCUT2D eigenvalue weighted by molar-refractivity contribution is -0.137. The van der Waals surface area contributed by atoms with E-state index in [1.54, 1.807) is 6.07 Å². The summed E-state index contributed by atoms with van der Waals surface area (Å²) in [5, 5.41) is 0.569. The molecule has 0 radical (unpaired) electrons. The first-order chi connectivity index (χ1) is 10.5. The van der Waals surface area contributed by atoms with Crippen molar-refractivity contribution in [2.24, 2.45) is 16.6 Å². The van der Waals surface area contributed by atoms with Gasteiger partial charge in [-0.3, -0.25) is 4.79 Å². The maximum absolute atomic E-state index is 12.9. The van der Waals surface area contributed by atoms with E-state index in [-0.39, 0.29) is 17.7 Å². The molecule has 0 spiro atoms. The molecular formula is C17H21ClN2O2. The average molecular weight is 321 g/mol. The Morgan fingerprint density at radius 1 is 1.41 bits per heavy atom. The molecule has 0 aromatic heterocycles. The summed E-state index contributed by atoms with van der Waals surface area (Å²) in [6.07, 6.45) is 1.80. The molecule has 0 saturated heterocycles. The first-order valence-electron chi connectivity index (χ1n) is 7.77. The zero-order chi connectivity index (χ0) is 15.9. The lowest BCUT2D eigenvalue weighted by Crippen LogP contribution is -2.54. The van der Waals surface area contributed by atoms with Gasteiger partial charge in [-0.1, -0.05) is 43.6 Å². The Morgan fingerprint density at radius 2 is 2.14 bits per heavy atom. The van der Waals surface area contributed by atoms with Crippen LogP contribution in [0, 0.1) is 5.92 Å². The van der Waals surface area contributed by atoms with E-state index in [1.807, 2.05) is 32.0 Å². The smallest absolute Gasteiger partial charge is 0.205 e. The number of aliphatic imine (C=N–C) groups is 1. The van der Waals surface area contributed by atoms with Crippen LogP contribution < -0.4 is 5.73 Å². The van der Waals surface area contributed by atoms with Gasteiger partial charge >= 0.3 is 0 Å². The number of carbonyl (C=O) groups excluding carboxylic acids is 1. The number of hydrogen-bond donors (Lipinski definition) is 1. The van der Waals surface area contributed by atoms with E-state index in [1.165, 1.54) is 0 Å². The zero-order valence-electron chi connectivity index (χ0n) is 12.9. The molecule has 3 rings (SSSR count). The number of halogens is 1. The van der Waals surface area contributed by atoms with E-state index in [2.05, 4.69) is 0 Å². The number of rotatable bonds is 3. The lowest BCUT2D eigenvalue weighted by atomic mass is 9.73. The predicted molar refractivity (Wildman–Crippen MR) is 87.1 cm³/mol. The quantitative estimate of drug-likeness (QED) is 0.930. The van der Waals surface area contributed by atoms with E-state index in [4.69, 9.17) is 27.1 Å². The molecular weight excluding hydrogens is 300 g/mol. The van der Waals surface area contributed by atoms with Gasteiger partial charge in [-0.2, -0.15) is 0 Å². The van der Waals surface area contributed by atoms with Crippen LogP contribution in [0.5, 0.6) is 0 Å². The van der Waals surface area contributed by atoms with Crippen LogP contribution in [0.2, 0.25) is 5.02 Å². The van der Waals surface area contributed by atoms with Gasteiger partial charge in [0, 0.05) is 10.6 Å². The Kier molecular flexibility index (Phi) is 4.00. The minimum atomic E-state index is -0.929. The lowest BCUT2D eigenvalue weighted by Gasteiger charge is -2.42. The fraction of sp³-hybridized carbons (Fsp3) is 0.529. The third kappa shape index (κ3) is 2.34. The molecule has 4 nitrogen and oxygen atoms in total. The largest absolute Gasteiger partial charge is 0.468 e.